The molecule has 0 aromatic rings. The summed E-state index contributed by atoms with van der Waals surface area (Å²) in [6, 6.07) is 0.118. The summed E-state index contributed by atoms with van der Waals surface area (Å²) in [5.41, 5.74) is 2.85. The fourth-order valence-electron chi connectivity index (χ4n) is 2.17. The van der Waals surface area contributed by atoms with Crippen LogP contribution in [0.1, 0.15) is 33.6 Å². The molecule has 0 amide bonds. The highest BCUT2D eigenvalue weighted by Gasteiger charge is 2.34. The molecular formula is C11H24N4O. The molecule has 0 saturated carbocycles. The zero-order valence-corrected chi connectivity index (χ0v) is 10.8. The molecular weight excluding hydrogens is 204 g/mol. The van der Waals surface area contributed by atoms with Crippen molar-refractivity contribution in [1.29, 1.82) is 0 Å². The van der Waals surface area contributed by atoms with E-state index in [9.17, 15) is 0 Å². The van der Waals surface area contributed by atoms with Crippen molar-refractivity contribution in [2.75, 3.05) is 20.3 Å². The van der Waals surface area contributed by atoms with Crippen LogP contribution in [0.15, 0.2) is 4.99 Å². The predicted molar refractivity (Wildman–Crippen MR) is 66.1 cm³/mol. The number of hydrazine groups is 1. The highest BCUT2D eigenvalue weighted by atomic mass is 16.5. The number of nitrogens with zero attached hydrogens (tertiary/aromatic N) is 2. The van der Waals surface area contributed by atoms with Gasteiger partial charge in [-0.1, -0.05) is 0 Å². The van der Waals surface area contributed by atoms with Crippen LogP contribution in [0.25, 0.3) is 0 Å². The number of hydrogen-bond donors (Lipinski definition) is 2. The van der Waals surface area contributed by atoms with Crippen LogP contribution in [0.2, 0.25) is 0 Å². The lowest BCUT2D eigenvalue weighted by atomic mass is 10.0. The molecule has 5 nitrogen and oxygen atoms in total. The first-order valence-corrected chi connectivity index (χ1v) is 5.82. The van der Waals surface area contributed by atoms with Gasteiger partial charge in [0, 0.05) is 19.2 Å². The standard InChI is InChI=1S/C11H24N4O/c1-9(8-16-4)13-10(14-12)15-7-5-6-11(15,2)3/h9H,5-8,12H2,1-4H3,(H,13,14). The Morgan fingerprint density at radius 1 is 1.62 bits per heavy atom. The Morgan fingerprint density at radius 2 is 2.31 bits per heavy atom. The van der Waals surface area contributed by atoms with Crippen LogP contribution < -0.4 is 11.3 Å². The molecule has 0 spiro atoms. The van der Waals surface area contributed by atoms with Gasteiger partial charge in [0.1, 0.15) is 0 Å². The van der Waals surface area contributed by atoms with E-state index in [2.05, 4.69) is 29.2 Å². The number of nitrogens with two attached hydrogens (primary N) is 1. The Morgan fingerprint density at radius 3 is 2.75 bits per heavy atom. The number of nitrogens with one attached hydrogen (secondary N) is 1. The van der Waals surface area contributed by atoms with Crippen molar-refractivity contribution >= 4 is 5.96 Å². The second kappa shape index (κ2) is 5.50. The van der Waals surface area contributed by atoms with E-state index in [0.29, 0.717) is 6.61 Å². The van der Waals surface area contributed by atoms with Crippen molar-refractivity contribution in [3.8, 4) is 0 Å². The molecule has 1 unspecified atom stereocenters. The van der Waals surface area contributed by atoms with Gasteiger partial charge in [-0.25, -0.2) is 10.8 Å². The Bertz CT molecular complexity index is 252. The average Bonchev–Trinajstić information content (AvgIpc) is 2.55. The first kappa shape index (κ1) is 13.3. The van der Waals surface area contributed by atoms with Crippen LogP contribution in [-0.2, 0) is 4.74 Å². The van der Waals surface area contributed by atoms with Crippen molar-refractivity contribution < 1.29 is 4.74 Å². The van der Waals surface area contributed by atoms with Crippen LogP contribution in [-0.4, -0.2) is 42.7 Å². The SMILES string of the molecule is COCC(C)N=C(NN)N1CCCC1(C)C. The van der Waals surface area contributed by atoms with E-state index in [1.807, 2.05) is 6.92 Å². The third kappa shape index (κ3) is 3.09. The fourth-order valence-corrected chi connectivity index (χ4v) is 2.17. The van der Waals surface area contributed by atoms with Crippen molar-refractivity contribution in [2.24, 2.45) is 10.8 Å². The van der Waals surface area contributed by atoms with Crippen LogP contribution in [0.4, 0.5) is 0 Å². The second-order valence-corrected chi connectivity index (χ2v) is 4.97. The topological polar surface area (TPSA) is 62.9 Å². The van der Waals surface area contributed by atoms with Gasteiger partial charge in [0.15, 0.2) is 0 Å². The maximum Gasteiger partial charge on any atom is 0.209 e. The van der Waals surface area contributed by atoms with E-state index in [-0.39, 0.29) is 11.6 Å². The molecule has 94 valence electrons. The third-order valence-electron chi connectivity index (χ3n) is 3.04. The molecule has 1 saturated heterocycles. The maximum atomic E-state index is 5.55. The zero-order chi connectivity index (χ0) is 12.2. The first-order valence-electron chi connectivity index (χ1n) is 5.82. The van der Waals surface area contributed by atoms with Crippen LogP contribution in [0.5, 0.6) is 0 Å². The molecule has 0 aromatic heterocycles. The molecule has 0 aromatic carbocycles. The monoisotopic (exact) mass is 228 g/mol. The van der Waals surface area contributed by atoms with E-state index < -0.39 is 0 Å². The van der Waals surface area contributed by atoms with Crippen LogP contribution >= 0.6 is 0 Å². The van der Waals surface area contributed by atoms with Gasteiger partial charge < -0.3 is 9.64 Å². The number of ether oxygens (including phenoxy) is 1. The molecule has 3 N–H and O–H groups in total. The molecule has 1 aliphatic rings. The summed E-state index contributed by atoms with van der Waals surface area (Å²) in [6.45, 7) is 8.07. The lowest BCUT2D eigenvalue weighted by molar-refractivity contribution is 0.184. The predicted octanol–water partition coefficient (Wildman–Crippen LogP) is 0.715. The highest BCUT2D eigenvalue weighted by molar-refractivity contribution is 5.80. The van der Waals surface area contributed by atoms with Crippen molar-refractivity contribution in [2.45, 2.75) is 45.2 Å². The Balaban J connectivity index is 2.73. The van der Waals surface area contributed by atoms with Gasteiger partial charge in [0.2, 0.25) is 5.96 Å². The molecule has 16 heavy (non-hydrogen) atoms. The molecule has 0 radical (unpaired) electrons. The number of hydrogen-bond acceptors (Lipinski definition) is 3. The van der Waals surface area contributed by atoms with E-state index in [1.165, 1.54) is 12.8 Å². The smallest absolute Gasteiger partial charge is 0.209 e. The number of aliphatic imine (C=N–C) groups is 1. The fraction of sp³-hybridized carbons (Fsp3) is 0.909. The van der Waals surface area contributed by atoms with Gasteiger partial charge in [0.05, 0.1) is 12.6 Å². The maximum absolute atomic E-state index is 5.55. The molecule has 1 aliphatic heterocycles. The third-order valence-corrected chi connectivity index (χ3v) is 3.04. The number of rotatable bonds is 3. The number of methoxy groups -OCH3 is 1. The molecule has 1 heterocycles. The van der Waals surface area contributed by atoms with E-state index in [1.54, 1.807) is 7.11 Å². The lowest BCUT2D eigenvalue weighted by Gasteiger charge is -2.34. The molecule has 5 heteroatoms. The van der Waals surface area contributed by atoms with Crippen molar-refractivity contribution in [1.82, 2.24) is 10.3 Å². The Labute approximate surface area is 98.0 Å². The summed E-state index contributed by atoms with van der Waals surface area (Å²) < 4.78 is 5.07. The average molecular weight is 228 g/mol. The lowest BCUT2D eigenvalue weighted by Crippen LogP contribution is -2.51. The number of likely N-dealkylation sites (tertiary alicyclic amines) is 1. The minimum Gasteiger partial charge on any atom is -0.382 e. The highest BCUT2D eigenvalue weighted by Crippen LogP contribution is 2.27. The van der Waals surface area contributed by atoms with E-state index in [0.717, 1.165) is 12.5 Å². The summed E-state index contributed by atoms with van der Waals surface area (Å²) in [5.74, 6) is 6.33. The van der Waals surface area contributed by atoms with Crippen molar-refractivity contribution in [3.05, 3.63) is 0 Å². The van der Waals surface area contributed by atoms with E-state index in [4.69, 9.17) is 10.6 Å². The van der Waals surface area contributed by atoms with Crippen molar-refractivity contribution in [3.63, 3.8) is 0 Å². The second-order valence-electron chi connectivity index (χ2n) is 4.97. The summed E-state index contributed by atoms with van der Waals surface area (Å²) >= 11 is 0. The minimum atomic E-state index is 0.118. The zero-order valence-electron chi connectivity index (χ0n) is 10.8. The summed E-state index contributed by atoms with van der Waals surface area (Å²) in [7, 11) is 1.68. The summed E-state index contributed by atoms with van der Waals surface area (Å²) in [5, 5.41) is 0. The van der Waals surface area contributed by atoms with Gasteiger partial charge in [-0.3, -0.25) is 5.43 Å². The van der Waals surface area contributed by atoms with Gasteiger partial charge in [-0.2, -0.15) is 0 Å². The molecule has 1 atom stereocenters. The quantitative estimate of drug-likeness (QED) is 0.323. The van der Waals surface area contributed by atoms with Gasteiger partial charge >= 0.3 is 0 Å². The van der Waals surface area contributed by atoms with Gasteiger partial charge in [0.25, 0.3) is 0 Å². The molecule has 1 rings (SSSR count). The normalized spacial score (nSPS) is 22.3. The Hall–Kier alpha value is -0.810. The van der Waals surface area contributed by atoms with Crippen LogP contribution in [0.3, 0.4) is 0 Å². The first-order chi connectivity index (χ1) is 7.51. The van der Waals surface area contributed by atoms with Gasteiger partial charge in [-0.05, 0) is 33.6 Å². The summed E-state index contributed by atoms with van der Waals surface area (Å²) in [4.78, 5) is 6.78. The minimum absolute atomic E-state index is 0.118. The molecule has 0 bridgehead atoms. The molecule has 0 aliphatic carbocycles. The summed E-state index contributed by atoms with van der Waals surface area (Å²) in [6.07, 6.45) is 2.36. The van der Waals surface area contributed by atoms with Gasteiger partial charge in [-0.15, -0.1) is 0 Å². The molecule has 1 fully saturated rings. The Kier molecular flexibility index (Phi) is 4.56. The number of guanidine groups is 1. The largest absolute Gasteiger partial charge is 0.382 e. The van der Waals surface area contributed by atoms with Crippen LogP contribution in [0, 0.1) is 0 Å². The van der Waals surface area contributed by atoms with E-state index >= 15 is 0 Å².